The minimum atomic E-state index is 0.341. The molecule has 1 aromatic rings. The summed E-state index contributed by atoms with van der Waals surface area (Å²) in [7, 11) is 2.12. The second-order valence-electron chi connectivity index (χ2n) is 7.84. The lowest BCUT2D eigenvalue weighted by atomic mass is 9.92. The van der Waals surface area contributed by atoms with Crippen LogP contribution in [-0.4, -0.2) is 78.5 Å². The molecule has 0 radical (unpaired) electrons. The van der Waals surface area contributed by atoms with E-state index in [1.165, 1.54) is 0 Å². The highest BCUT2D eigenvalue weighted by Crippen LogP contribution is 2.26. The zero-order chi connectivity index (χ0) is 19.1. The van der Waals surface area contributed by atoms with E-state index in [2.05, 4.69) is 39.1 Å². The molecule has 150 valence electrons. The molecule has 3 heterocycles. The zero-order valence-corrected chi connectivity index (χ0v) is 16.9. The Labute approximate surface area is 163 Å². The Hall–Kier alpha value is -1.89. The van der Waals surface area contributed by atoms with E-state index in [1.807, 2.05) is 11.0 Å². The largest absolute Gasteiger partial charge is 0.370 e. The highest BCUT2D eigenvalue weighted by atomic mass is 16.2. The van der Waals surface area contributed by atoms with E-state index in [1.54, 1.807) is 6.33 Å². The van der Waals surface area contributed by atoms with Gasteiger partial charge in [0.1, 0.15) is 18.0 Å². The van der Waals surface area contributed by atoms with Crippen molar-refractivity contribution in [3.05, 3.63) is 12.4 Å². The molecule has 2 saturated heterocycles. The molecular weight excluding hydrogens is 340 g/mol. The fourth-order valence-corrected chi connectivity index (χ4v) is 3.86. The summed E-state index contributed by atoms with van der Waals surface area (Å²) in [6, 6.07) is 2.05. The lowest BCUT2D eigenvalue weighted by molar-refractivity contribution is -0.133. The minimum Gasteiger partial charge on any atom is -0.370 e. The Bertz CT molecular complexity index is 594. The van der Waals surface area contributed by atoms with Crippen molar-refractivity contribution in [3.63, 3.8) is 0 Å². The van der Waals surface area contributed by atoms with Gasteiger partial charge in [0.25, 0.3) is 0 Å². The van der Waals surface area contributed by atoms with E-state index in [0.29, 0.717) is 18.2 Å². The van der Waals surface area contributed by atoms with Gasteiger partial charge in [-0.2, -0.15) is 0 Å². The molecule has 1 N–H and O–H groups in total. The van der Waals surface area contributed by atoms with Gasteiger partial charge in [-0.3, -0.25) is 4.79 Å². The summed E-state index contributed by atoms with van der Waals surface area (Å²) in [4.78, 5) is 27.8. The number of piperazine rings is 1. The lowest BCUT2D eigenvalue weighted by Gasteiger charge is -2.34. The number of anilines is 2. The van der Waals surface area contributed by atoms with Crippen molar-refractivity contribution in [3.8, 4) is 0 Å². The maximum atomic E-state index is 12.4. The van der Waals surface area contributed by atoms with Crippen LogP contribution in [0.1, 0.15) is 39.0 Å². The summed E-state index contributed by atoms with van der Waals surface area (Å²) in [5.74, 6) is 2.91. The Balaban J connectivity index is 1.40. The molecule has 0 unspecified atom stereocenters. The number of piperidine rings is 1. The fraction of sp³-hybridized carbons (Fsp3) is 0.750. The third-order valence-electron chi connectivity index (χ3n) is 5.77. The van der Waals surface area contributed by atoms with E-state index in [4.69, 9.17) is 0 Å². The van der Waals surface area contributed by atoms with Gasteiger partial charge in [-0.1, -0.05) is 6.92 Å². The fourth-order valence-electron chi connectivity index (χ4n) is 3.86. The van der Waals surface area contributed by atoms with Crippen LogP contribution in [0.3, 0.4) is 0 Å². The molecule has 2 aliphatic rings. The number of nitrogens with one attached hydrogen (secondary N) is 1. The smallest absolute Gasteiger partial charge is 0.222 e. The van der Waals surface area contributed by atoms with Crippen molar-refractivity contribution in [2.75, 3.05) is 63.1 Å². The first-order chi connectivity index (χ1) is 13.2. The van der Waals surface area contributed by atoms with Crippen molar-refractivity contribution in [2.24, 2.45) is 5.92 Å². The molecule has 0 saturated carbocycles. The molecule has 0 aliphatic carbocycles. The third kappa shape index (κ3) is 5.79. The zero-order valence-electron chi connectivity index (χ0n) is 16.9. The van der Waals surface area contributed by atoms with Gasteiger partial charge in [0.2, 0.25) is 5.91 Å². The predicted molar refractivity (Wildman–Crippen MR) is 109 cm³/mol. The average Bonchev–Trinajstić information content (AvgIpc) is 2.71. The molecule has 0 aromatic carbocycles. The van der Waals surface area contributed by atoms with E-state index in [0.717, 1.165) is 83.1 Å². The minimum absolute atomic E-state index is 0.341. The van der Waals surface area contributed by atoms with Crippen molar-refractivity contribution in [1.29, 1.82) is 0 Å². The molecule has 0 spiro atoms. The summed E-state index contributed by atoms with van der Waals surface area (Å²) in [6.45, 7) is 8.87. The summed E-state index contributed by atoms with van der Waals surface area (Å²) < 4.78 is 0. The maximum absolute atomic E-state index is 12.4. The quantitative estimate of drug-likeness (QED) is 0.788. The van der Waals surface area contributed by atoms with Gasteiger partial charge >= 0.3 is 0 Å². The van der Waals surface area contributed by atoms with Crippen LogP contribution in [-0.2, 0) is 4.79 Å². The van der Waals surface area contributed by atoms with Crippen LogP contribution >= 0.6 is 0 Å². The number of rotatable bonds is 7. The van der Waals surface area contributed by atoms with Gasteiger partial charge in [-0.15, -0.1) is 0 Å². The molecule has 7 nitrogen and oxygen atoms in total. The normalized spacial score (nSPS) is 19.3. The van der Waals surface area contributed by atoms with Crippen LogP contribution < -0.4 is 10.2 Å². The van der Waals surface area contributed by atoms with Crippen LogP contribution in [0.4, 0.5) is 11.6 Å². The summed E-state index contributed by atoms with van der Waals surface area (Å²) in [5, 5.41) is 3.33. The molecule has 27 heavy (non-hydrogen) atoms. The Morgan fingerprint density at radius 2 is 1.89 bits per heavy atom. The summed E-state index contributed by atoms with van der Waals surface area (Å²) >= 11 is 0. The van der Waals surface area contributed by atoms with E-state index in [9.17, 15) is 4.79 Å². The van der Waals surface area contributed by atoms with Crippen LogP contribution in [0.15, 0.2) is 12.4 Å². The lowest BCUT2D eigenvalue weighted by Crippen LogP contribution is -2.47. The molecule has 0 atom stereocenters. The van der Waals surface area contributed by atoms with Crippen molar-refractivity contribution < 1.29 is 4.79 Å². The number of hydrogen-bond acceptors (Lipinski definition) is 6. The first-order valence-electron chi connectivity index (χ1n) is 10.4. The third-order valence-corrected chi connectivity index (χ3v) is 5.77. The molecule has 1 amide bonds. The van der Waals surface area contributed by atoms with Crippen molar-refractivity contribution >= 4 is 17.5 Å². The Kier molecular flexibility index (Phi) is 7.26. The van der Waals surface area contributed by atoms with Crippen LogP contribution in [0.5, 0.6) is 0 Å². The SMILES string of the molecule is CCCNc1cc(N2CCC(CCC(=O)N3CCN(C)CC3)CC2)ncn1. The summed E-state index contributed by atoms with van der Waals surface area (Å²) in [6.07, 6.45) is 6.72. The number of likely N-dealkylation sites (N-methyl/N-ethyl adjacent to an activating group) is 1. The standard InChI is InChI=1S/C20H34N6O/c1-3-8-21-18-15-19(23-16-22-18)25-9-6-17(7-10-25)4-5-20(27)26-13-11-24(2)12-14-26/h15-17H,3-14H2,1-2H3,(H,21,22,23). The van der Waals surface area contributed by atoms with Gasteiger partial charge in [0, 0.05) is 58.3 Å². The van der Waals surface area contributed by atoms with E-state index >= 15 is 0 Å². The monoisotopic (exact) mass is 374 g/mol. The highest BCUT2D eigenvalue weighted by Gasteiger charge is 2.23. The molecule has 7 heteroatoms. The van der Waals surface area contributed by atoms with Crippen LogP contribution in [0, 0.1) is 5.92 Å². The second kappa shape index (κ2) is 9.88. The number of carbonyl (C=O) groups excluding carboxylic acids is 1. The Morgan fingerprint density at radius 3 is 2.59 bits per heavy atom. The number of carbonyl (C=O) groups is 1. The molecule has 0 bridgehead atoms. The summed E-state index contributed by atoms with van der Waals surface area (Å²) in [5.41, 5.74) is 0. The highest BCUT2D eigenvalue weighted by molar-refractivity contribution is 5.76. The molecule has 1 aromatic heterocycles. The predicted octanol–water partition coefficient (Wildman–Crippen LogP) is 2.07. The molecule has 2 fully saturated rings. The second-order valence-corrected chi connectivity index (χ2v) is 7.84. The molecule has 2 aliphatic heterocycles. The number of amides is 1. The van der Waals surface area contributed by atoms with E-state index in [-0.39, 0.29) is 0 Å². The maximum Gasteiger partial charge on any atom is 0.222 e. The molecular formula is C20H34N6O. The Morgan fingerprint density at radius 1 is 1.15 bits per heavy atom. The van der Waals surface area contributed by atoms with Gasteiger partial charge in [0.15, 0.2) is 0 Å². The average molecular weight is 375 g/mol. The number of hydrogen-bond donors (Lipinski definition) is 1. The van der Waals surface area contributed by atoms with Gasteiger partial charge in [-0.05, 0) is 38.6 Å². The first-order valence-corrected chi connectivity index (χ1v) is 10.4. The van der Waals surface area contributed by atoms with Crippen LogP contribution in [0.25, 0.3) is 0 Å². The first kappa shape index (κ1) is 19.9. The van der Waals surface area contributed by atoms with Gasteiger partial charge in [0.05, 0.1) is 0 Å². The van der Waals surface area contributed by atoms with Crippen molar-refractivity contribution in [2.45, 2.75) is 39.0 Å². The van der Waals surface area contributed by atoms with E-state index < -0.39 is 0 Å². The molecule has 3 rings (SSSR count). The topological polar surface area (TPSA) is 64.6 Å². The number of nitrogens with zero attached hydrogens (tertiary/aromatic N) is 5. The van der Waals surface area contributed by atoms with Gasteiger partial charge in [-0.25, -0.2) is 9.97 Å². The van der Waals surface area contributed by atoms with Gasteiger partial charge < -0.3 is 20.0 Å². The van der Waals surface area contributed by atoms with Crippen LogP contribution in [0.2, 0.25) is 0 Å². The number of aromatic nitrogens is 2. The van der Waals surface area contributed by atoms with Crippen molar-refractivity contribution in [1.82, 2.24) is 19.8 Å².